The molecule has 0 unspecified atom stereocenters. The summed E-state index contributed by atoms with van der Waals surface area (Å²) in [4.78, 5) is 10.6. The van der Waals surface area contributed by atoms with Gasteiger partial charge in [-0.1, -0.05) is 6.42 Å². The van der Waals surface area contributed by atoms with Gasteiger partial charge in [0.1, 0.15) is 0 Å². The number of aryl methyl sites for hydroxylation is 1. The number of unbranched alkanes of at least 4 members (excludes halogenated alkanes) is 2. The Morgan fingerprint density at radius 3 is 2.47 bits per heavy atom. The molecule has 0 saturated heterocycles. The number of anilines is 1. The van der Waals surface area contributed by atoms with Gasteiger partial charge >= 0.3 is 0 Å². The molecule has 2 N–H and O–H groups in total. The van der Waals surface area contributed by atoms with Crippen molar-refractivity contribution in [2.75, 3.05) is 25.0 Å². The molecule has 0 aromatic carbocycles. The zero-order valence-corrected chi connectivity index (χ0v) is 9.61. The summed E-state index contributed by atoms with van der Waals surface area (Å²) in [5.74, 6) is 0.799. The molecule has 4 heteroatoms. The molecule has 0 aliphatic rings. The summed E-state index contributed by atoms with van der Waals surface area (Å²) in [5, 5.41) is 0. The first-order valence-corrected chi connectivity index (χ1v) is 5.44. The lowest BCUT2D eigenvalue weighted by molar-refractivity contribution is 0.672. The Bertz CT molecular complexity index is 270. The Morgan fingerprint density at radius 1 is 1.20 bits per heavy atom. The summed E-state index contributed by atoms with van der Waals surface area (Å²) >= 11 is 0. The number of rotatable bonds is 6. The van der Waals surface area contributed by atoms with Crippen LogP contribution >= 0.6 is 0 Å². The molecule has 1 aromatic heterocycles. The standard InChI is InChI=1S/C11H20N4/c1-10-8-13-11(14-9-10)15(2)7-5-3-4-6-12/h8-9H,3-7,12H2,1-2H3. The maximum atomic E-state index is 5.43. The number of hydrogen-bond donors (Lipinski definition) is 1. The highest BCUT2D eigenvalue weighted by Crippen LogP contribution is 2.06. The Kier molecular flexibility index (Phi) is 5.04. The number of hydrogen-bond acceptors (Lipinski definition) is 4. The van der Waals surface area contributed by atoms with Crippen LogP contribution in [0.4, 0.5) is 5.95 Å². The molecule has 0 fully saturated rings. The van der Waals surface area contributed by atoms with E-state index in [-0.39, 0.29) is 0 Å². The van der Waals surface area contributed by atoms with Crippen molar-refractivity contribution in [3.8, 4) is 0 Å². The minimum Gasteiger partial charge on any atom is -0.344 e. The van der Waals surface area contributed by atoms with E-state index in [0.29, 0.717) is 0 Å². The molecule has 1 aromatic rings. The first-order chi connectivity index (χ1) is 7.24. The molecule has 1 heterocycles. The Labute approximate surface area is 91.5 Å². The predicted octanol–water partition coefficient (Wildman–Crippen LogP) is 1.35. The molecule has 15 heavy (non-hydrogen) atoms. The van der Waals surface area contributed by atoms with E-state index < -0.39 is 0 Å². The molecule has 0 amide bonds. The van der Waals surface area contributed by atoms with Crippen LogP contribution in [0.3, 0.4) is 0 Å². The van der Waals surface area contributed by atoms with E-state index in [1.807, 2.05) is 26.4 Å². The number of nitrogens with zero attached hydrogens (tertiary/aromatic N) is 3. The monoisotopic (exact) mass is 208 g/mol. The van der Waals surface area contributed by atoms with Gasteiger partial charge in [-0.15, -0.1) is 0 Å². The number of aromatic nitrogens is 2. The molecule has 0 atom stereocenters. The third-order valence-electron chi connectivity index (χ3n) is 2.31. The highest BCUT2D eigenvalue weighted by molar-refractivity contribution is 5.27. The van der Waals surface area contributed by atoms with Crippen molar-refractivity contribution in [1.82, 2.24) is 9.97 Å². The summed E-state index contributed by atoms with van der Waals surface area (Å²) in [6.45, 7) is 3.76. The maximum absolute atomic E-state index is 5.43. The van der Waals surface area contributed by atoms with Gasteiger partial charge in [-0.25, -0.2) is 9.97 Å². The van der Waals surface area contributed by atoms with Gasteiger partial charge in [-0.05, 0) is 31.9 Å². The molecule has 0 aliphatic heterocycles. The van der Waals surface area contributed by atoms with Gasteiger partial charge in [-0.3, -0.25) is 0 Å². The predicted molar refractivity (Wildman–Crippen MR) is 62.9 cm³/mol. The molecule has 1 rings (SSSR count). The van der Waals surface area contributed by atoms with Crippen LogP contribution in [0, 0.1) is 6.92 Å². The second kappa shape index (κ2) is 6.35. The second-order valence-electron chi connectivity index (χ2n) is 3.83. The quantitative estimate of drug-likeness (QED) is 0.717. The van der Waals surface area contributed by atoms with Crippen molar-refractivity contribution in [2.45, 2.75) is 26.2 Å². The smallest absolute Gasteiger partial charge is 0.224 e. The molecule has 0 bridgehead atoms. The average molecular weight is 208 g/mol. The summed E-state index contributed by atoms with van der Waals surface area (Å²) < 4.78 is 0. The third-order valence-corrected chi connectivity index (χ3v) is 2.31. The first-order valence-electron chi connectivity index (χ1n) is 5.44. The fourth-order valence-corrected chi connectivity index (χ4v) is 1.35. The van der Waals surface area contributed by atoms with Crippen molar-refractivity contribution < 1.29 is 0 Å². The fourth-order valence-electron chi connectivity index (χ4n) is 1.35. The SMILES string of the molecule is Cc1cnc(N(C)CCCCCN)nc1. The van der Waals surface area contributed by atoms with Crippen LogP contribution in [-0.4, -0.2) is 30.1 Å². The van der Waals surface area contributed by atoms with Gasteiger partial charge in [0.15, 0.2) is 0 Å². The zero-order chi connectivity index (χ0) is 11.1. The molecule has 0 radical (unpaired) electrons. The van der Waals surface area contributed by atoms with Crippen molar-refractivity contribution in [2.24, 2.45) is 5.73 Å². The number of nitrogens with two attached hydrogens (primary N) is 1. The Morgan fingerprint density at radius 2 is 1.87 bits per heavy atom. The molecule has 84 valence electrons. The van der Waals surface area contributed by atoms with E-state index in [1.54, 1.807) is 0 Å². The lowest BCUT2D eigenvalue weighted by atomic mass is 10.2. The van der Waals surface area contributed by atoms with E-state index in [9.17, 15) is 0 Å². The average Bonchev–Trinajstić information content (AvgIpc) is 2.25. The van der Waals surface area contributed by atoms with Gasteiger partial charge in [0.2, 0.25) is 5.95 Å². The molecule has 4 nitrogen and oxygen atoms in total. The topological polar surface area (TPSA) is 55.0 Å². The normalized spacial score (nSPS) is 10.3. The van der Waals surface area contributed by atoms with Crippen molar-refractivity contribution >= 4 is 5.95 Å². The van der Waals surface area contributed by atoms with Crippen LogP contribution in [0.25, 0.3) is 0 Å². The van der Waals surface area contributed by atoms with E-state index in [1.165, 1.54) is 6.42 Å². The van der Waals surface area contributed by atoms with Crippen LogP contribution in [-0.2, 0) is 0 Å². The van der Waals surface area contributed by atoms with E-state index in [0.717, 1.165) is 37.4 Å². The lowest BCUT2D eigenvalue weighted by Crippen LogP contribution is -2.21. The fraction of sp³-hybridized carbons (Fsp3) is 0.636. The molecular formula is C11H20N4. The maximum Gasteiger partial charge on any atom is 0.224 e. The zero-order valence-electron chi connectivity index (χ0n) is 9.61. The molecule has 0 aliphatic carbocycles. The van der Waals surface area contributed by atoms with Crippen LogP contribution < -0.4 is 10.6 Å². The van der Waals surface area contributed by atoms with E-state index in [4.69, 9.17) is 5.73 Å². The van der Waals surface area contributed by atoms with Gasteiger partial charge in [0.25, 0.3) is 0 Å². The van der Waals surface area contributed by atoms with Gasteiger partial charge in [0.05, 0.1) is 0 Å². The third kappa shape index (κ3) is 4.25. The lowest BCUT2D eigenvalue weighted by Gasteiger charge is -2.16. The van der Waals surface area contributed by atoms with Gasteiger partial charge in [-0.2, -0.15) is 0 Å². The second-order valence-corrected chi connectivity index (χ2v) is 3.83. The van der Waals surface area contributed by atoms with Crippen molar-refractivity contribution in [3.63, 3.8) is 0 Å². The molecule has 0 saturated carbocycles. The van der Waals surface area contributed by atoms with Crippen molar-refractivity contribution in [3.05, 3.63) is 18.0 Å². The van der Waals surface area contributed by atoms with Crippen LogP contribution in [0.1, 0.15) is 24.8 Å². The Balaban J connectivity index is 2.33. The molecule has 0 spiro atoms. The minimum atomic E-state index is 0.782. The minimum absolute atomic E-state index is 0.782. The van der Waals surface area contributed by atoms with Crippen LogP contribution in [0.2, 0.25) is 0 Å². The summed E-state index contributed by atoms with van der Waals surface area (Å²) in [6.07, 6.45) is 7.11. The van der Waals surface area contributed by atoms with Gasteiger partial charge < -0.3 is 10.6 Å². The first kappa shape index (κ1) is 11.9. The van der Waals surface area contributed by atoms with Crippen LogP contribution in [0.5, 0.6) is 0 Å². The highest BCUT2D eigenvalue weighted by atomic mass is 15.2. The Hall–Kier alpha value is -1.16. The summed E-state index contributed by atoms with van der Waals surface area (Å²) in [5.41, 5.74) is 6.53. The highest BCUT2D eigenvalue weighted by Gasteiger charge is 2.02. The van der Waals surface area contributed by atoms with E-state index in [2.05, 4.69) is 14.9 Å². The summed E-state index contributed by atoms with van der Waals surface area (Å²) in [6, 6.07) is 0. The van der Waals surface area contributed by atoms with Crippen molar-refractivity contribution in [1.29, 1.82) is 0 Å². The molecular weight excluding hydrogens is 188 g/mol. The summed E-state index contributed by atoms with van der Waals surface area (Å²) in [7, 11) is 2.02. The van der Waals surface area contributed by atoms with Gasteiger partial charge in [0, 0.05) is 26.0 Å². The van der Waals surface area contributed by atoms with E-state index >= 15 is 0 Å². The largest absolute Gasteiger partial charge is 0.344 e. The van der Waals surface area contributed by atoms with Crippen LogP contribution in [0.15, 0.2) is 12.4 Å².